The Bertz CT molecular complexity index is 470. The summed E-state index contributed by atoms with van der Waals surface area (Å²) in [6, 6.07) is 5.21. The van der Waals surface area contributed by atoms with Gasteiger partial charge in [-0.25, -0.2) is 0 Å². The monoisotopic (exact) mass is 263 g/mol. The quantitative estimate of drug-likeness (QED) is 0.581. The van der Waals surface area contributed by atoms with Crippen LogP contribution in [0.3, 0.4) is 0 Å². The first-order valence-corrected chi connectivity index (χ1v) is 6.56. The highest BCUT2D eigenvalue weighted by molar-refractivity contribution is 5.96. The number of aliphatic hydroxyl groups is 1. The van der Waals surface area contributed by atoms with Crippen LogP contribution in [0.1, 0.15) is 29.6 Å². The summed E-state index contributed by atoms with van der Waals surface area (Å²) in [5, 5.41) is 14.9. The van der Waals surface area contributed by atoms with Gasteiger partial charge in [-0.1, -0.05) is 0 Å². The zero-order valence-electron chi connectivity index (χ0n) is 11.2. The highest BCUT2D eigenvalue weighted by Gasteiger charge is 2.41. The van der Waals surface area contributed by atoms with Crippen molar-refractivity contribution in [2.75, 3.05) is 31.2 Å². The van der Waals surface area contributed by atoms with Crippen LogP contribution in [0, 0.1) is 5.41 Å². The Hall–Kier alpha value is -1.75. The van der Waals surface area contributed by atoms with E-state index in [1.807, 2.05) is 0 Å². The van der Waals surface area contributed by atoms with Gasteiger partial charge in [-0.15, -0.1) is 0 Å². The third kappa shape index (κ3) is 3.17. The fourth-order valence-electron chi connectivity index (χ4n) is 2.21. The molecule has 19 heavy (non-hydrogen) atoms. The lowest BCUT2D eigenvalue weighted by atomic mass is 10.0. The lowest BCUT2D eigenvalue weighted by molar-refractivity contribution is 0.0963. The molecule has 0 radical (unpaired) electrons. The van der Waals surface area contributed by atoms with Crippen molar-refractivity contribution in [2.24, 2.45) is 5.41 Å². The van der Waals surface area contributed by atoms with Crippen LogP contribution < -0.4 is 16.4 Å². The summed E-state index contributed by atoms with van der Waals surface area (Å²) in [5.41, 5.74) is 8.13. The Morgan fingerprint density at radius 1 is 1.47 bits per heavy atom. The molecule has 1 aromatic carbocycles. The van der Waals surface area contributed by atoms with Crippen LogP contribution in [0.2, 0.25) is 0 Å². The number of hydrogen-bond donors (Lipinski definition) is 4. The number of amides is 1. The maximum Gasteiger partial charge on any atom is 0.251 e. The molecule has 0 heterocycles. The van der Waals surface area contributed by atoms with Gasteiger partial charge in [-0.05, 0) is 42.9 Å². The van der Waals surface area contributed by atoms with Crippen LogP contribution in [0.15, 0.2) is 18.2 Å². The Balaban J connectivity index is 2.05. The summed E-state index contributed by atoms with van der Waals surface area (Å²) < 4.78 is 0. The average molecular weight is 263 g/mol. The van der Waals surface area contributed by atoms with E-state index < -0.39 is 0 Å². The smallest absolute Gasteiger partial charge is 0.251 e. The number of aliphatic hydroxyl groups excluding tert-OH is 1. The molecular formula is C14H21N3O2. The van der Waals surface area contributed by atoms with Crippen molar-refractivity contribution in [3.63, 3.8) is 0 Å². The van der Waals surface area contributed by atoms with Crippen molar-refractivity contribution in [1.29, 1.82) is 0 Å². The standard InChI is InChI=1S/C14H21N3O2/c1-16-13(19)10-2-3-11(15)12(8-10)17-9-14(4-5-14)6-7-18/h2-3,8,17-18H,4-7,9,15H2,1H3,(H,16,19). The SMILES string of the molecule is CNC(=O)c1ccc(N)c(NCC2(CCO)CC2)c1. The first-order valence-electron chi connectivity index (χ1n) is 6.56. The summed E-state index contributed by atoms with van der Waals surface area (Å²) in [5.74, 6) is -0.125. The van der Waals surface area contributed by atoms with Crippen molar-refractivity contribution in [3.05, 3.63) is 23.8 Å². The number of nitrogens with one attached hydrogen (secondary N) is 2. The van der Waals surface area contributed by atoms with Crippen molar-refractivity contribution in [2.45, 2.75) is 19.3 Å². The summed E-state index contributed by atoms with van der Waals surface area (Å²) in [6.45, 7) is 1.00. The largest absolute Gasteiger partial charge is 0.397 e. The molecule has 1 saturated carbocycles. The zero-order chi connectivity index (χ0) is 13.9. The minimum Gasteiger partial charge on any atom is -0.397 e. The average Bonchev–Trinajstić information content (AvgIpc) is 3.17. The lowest BCUT2D eigenvalue weighted by Gasteiger charge is -2.17. The highest BCUT2D eigenvalue weighted by atomic mass is 16.3. The Morgan fingerprint density at radius 3 is 2.79 bits per heavy atom. The van der Waals surface area contributed by atoms with E-state index in [1.165, 1.54) is 0 Å². The normalized spacial score (nSPS) is 15.9. The zero-order valence-corrected chi connectivity index (χ0v) is 11.2. The number of carbonyl (C=O) groups is 1. The van der Waals surface area contributed by atoms with Crippen molar-refractivity contribution < 1.29 is 9.90 Å². The summed E-state index contributed by atoms with van der Waals surface area (Å²) in [4.78, 5) is 11.6. The predicted molar refractivity (Wildman–Crippen MR) is 76.1 cm³/mol. The van der Waals surface area contributed by atoms with Crippen molar-refractivity contribution in [1.82, 2.24) is 5.32 Å². The Kier molecular flexibility index (Phi) is 3.95. The van der Waals surface area contributed by atoms with E-state index >= 15 is 0 Å². The molecule has 1 aromatic rings. The summed E-state index contributed by atoms with van der Waals surface area (Å²) in [6.07, 6.45) is 3.08. The van der Waals surface area contributed by atoms with E-state index in [2.05, 4.69) is 10.6 Å². The third-order valence-corrected chi connectivity index (χ3v) is 3.80. The lowest BCUT2D eigenvalue weighted by Crippen LogP contribution is -2.20. The van der Waals surface area contributed by atoms with Gasteiger partial charge in [-0.2, -0.15) is 0 Å². The van der Waals surface area contributed by atoms with Gasteiger partial charge in [0.1, 0.15) is 0 Å². The fraction of sp³-hybridized carbons (Fsp3) is 0.500. The maximum atomic E-state index is 11.6. The summed E-state index contributed by atoms with van der Waals surface area (Å²) in [7, 11) is 1.60. The highest BCUT2D eigenvalue weighted by Crippen LogP contribution is 2.48. The number of hydrogen-bond acceptors (Lipinski definition) is 4. The molecule has 0 aromatic heterocycles. The minimum absolute atomic E-state index is 0.125. The van der Waals surface area contributed by atoms with Gasteiger partial charge in [0.25, 0.3) is 5.91 Å². The van der Waals surface area contributed by atoms with Gasteiger partial charge in [0, 0.05) is 25.8 Å². The van der Waals surface area contributed by atoms with Crippen LogP contribution in [0.4, 0.5) is 11.4 Å². The predicted octanol–water partition coefficient (Wildman–Crippen LogP) is 1.20. The van der Waals surface area contributed by atoms with E-state index in [0.717, 1.165) is 31.5 Å². The number of carbonyl (C=O) groups excluding carboxylic acids is 1. The Labute approximate surface area is 113 Å². The number of nitrogen functional groups attached to an aromatic ring is 1. The van der Waals surface area contributed by atoms with E-state index in [4.69, 9.17) is 10.8 Å². The van der Waals surface area contributed by atoms with Crippen molar-refractivity contribution >= 4 is 17.3 Å². The second kappa shape index (κ2) is 5.48. The van der Waals surface area contributed by atoms with Gasteiger partial charge >= 0.3 is 0 Å². The van der Waals surface area contributed by atoms with Crippen LogP contribution in [0.5, 0.6) is 0 Å². The molecule has 104 valence electrons. The molecule has 1 aliphatic carbocycles. The first-order chi connectivity index (χ1) is 9.10. The van der Waals surface area contributed by atoms with Gasteiger partial charge in [-0.3, -0.25) is 4.79 Å². The van der Waals surface area contributed by atoms with E-state index in [9.17, 15) is 4.79 Å². The molecule has 5 N–H and O–H groups in total. The van der Waals surface area contributed by atoms with Gasteiger partial charge < -0.3 is 21.5 Å². The van der Waals surface area contributed by atoms with Crippen LogP contribution in [-0.2, 0) is 0 Å². The fourth-order valence-corrected chi connectivity index (χ4v) is 2.21. The molecule has 0 unspecified atom stereocenters. The van der Waals surface area contributed by atoms with Crippen LogP contribution in [0.25, 0.3) is 0 Å². The van der Waals surface area contributed by atoms with Gasteiger partial charge in [0.15, 0.2) is 0 Å². The molecule has 0 aliphatic heterocycles. The number of nitrogens with two attached hydrogens (primary N) is 1. The first kappa shape index (κ1) is 13.7. The minimum atomic E-state index is -0.125. The molecule has 0 spiro atoms. The molecule has 0 saturated heterocycles. The second-order valence-corrected chi connectivity index (χ2v) is 5.21. The van der Waals surface area contributed by atoms with Gasteiger partial charge in [0.05, 0.1) is 11.4 Å². The molecule has 0 bridgehead atoms. The number of benzene rings is 1. The topological polar surface area (TPSA) is 87.4 Å². The van der Waals surface area contributed by atoms with E-state index in [0.29, 0.717) is 11.3 Å². The number of anilines is 2. The molecule has 0 atom stereocenters. The van der Waals surface area contributed by atoms with E-state index in [-0.39, 0.29) is 17.9 Å². The summed E-state index contributed by atoms with van der Waals surface area (Å²) >= 11 is 0. The van der Waals surface area contributed by atoms with Gasteiger partial charge in [0.2, 0.25) is 0 Å². The number of rotatable bonds is 6. The Morgan fingerprint density at radius 2 is 2.21 bits per heavy atom. The molecule has 5 heteroatoms. The molecule has 2 rings (SSSR count). The molecular weight excluding hydrogens is 242 g/mol. The molecule has 1 aliphatic rings. The molecule has 1 fully saturated rings. The molecule has 1 amide bonds. The maximum absolute atomic E-state index is 11.6. The third-order valence-electron chi connectivity index (χ3n) is 3.80. The van der Waals surface area contributed by atoms with Crippen LogP contribution >= 0.6 is 0 Å². The van der Waals surface area contributed by atoms with Crippen LogP contribution in [-0.4, -0.2) is 31.2 Å². The molecule has 5 nitrogen and oxygen atoms in total. The second-order valence-electron chi connectivity index (χ2n) is 5.21. The van der Waals surface area contributed by atoms with Crippen molar-refractivity contribution in [3.8, 4) is 0 Å². The van der Waals surface area contributed by atoms with E-state index in [1.54, 1.807) is 25.2 Å².